The zero-order valence-electron chi connectivity index (χ0n) is 12.4. The first-order valence-corrected chi connectivity index (χ1v) is 7.39. The van der Waals surface area contributed by atoms with E-state index < -0.39 is 11.7 Å². The van der Waals surface area contributed by atoms with Crippen molar-refractivity contribution in [1.29, 1.82) is 0 Å². The lowest BCUT2D eigenvalue weighted by atomic mass is 10.2. The molecular weight excluding hydrogens is 274 g/mol. The zero-order valence-corrected chi connectivity index (χ0v) is 13.2. The summed E-state index contributed by atoms with van der Waals surface area (Å²) >= 11 is 1.44. The molecule has 0 atom stereocenters. The summed E-state index contributed by atoms with van der Waals surface area (Å²) in [6, 6.07) is 1.92. The second-order valence-corrected chi connectivity index (χ2v) is 6.30. The Hall–Kier alpha value is -1.62. The van der Waals surface area contributed by atoms with Gasteiger partial charge in [0.2, 0.25) is 0 Å². The van der Waals surface area contributed by atoms with Crippen LogP contribution < -0.4 is 5.32 Å². The summed E-state index contributed by atoms with van der Waals surface area (Å²) < 4.78 is 5.12. The number of ketones is 1. The minimum atomic E-state index is -0.479. The molecule has 1 aromatic rings. The maximum absolute atomic E-state index is 11.4. The predicted molar refractivity (Wildman–Crippen MR) is 82.2 cm³/mol. The van der Waals surface area contributed by atoms with Crippen LogP contribution in [0, 0.1) is 0 Å². The molecule has 0 fully saturated rings. The molecule has 20 heavy (non-hydrogen) atoms. The number of ether oxygens (including phenoxy) is 1. The first-order valence-electron chi connectivity index (χ1n) is 6.51. The number of carbonyl (C=O) groups excluding carboxylic acids is 2. The van der Waals surface area contributed by atoms with E-state index in [2.05, 4.69) is 5.32 Å². The molecule has 1 amide bonds. The third kappa shape index (κ3) is 6.02. The van der Waals surface area contributed by atoms with Crippen molar-refractivity contribution < 1.29 is 14.3 Å². The molecule has 0 saturated carbocycles. The van der Waals surface area contributed by atoms with Gasteiger partial charge in [0, 0.05) is 6.54 Å². The van der Waals surface area contributed by atoms with Crippen LogP contribution in [0.3, 0.4) is 0 Å². The molecule has 0 aliphatic heterocycles. The maximum Gasteiger partial charge on any atom is 0.407 e. The lowest BCUT2D eigenvalue weighted by Gasteiger charge is -2.19. The van der Waals surface area contributed by atoms with Gasteiger partial charge in [0.15, 0.2) is 5.78 Å². The molecule has 0 saturated heterocycles. The summed E-state index contributed by atoms with van der Waals surface area (Å²) in [6.07, 6.45) is 4.12. The largest absolute Gasteiger partial charge is 0.444 e. The van der Waals surface area contributed by atoms with E-state index in [0.717, 1.165) is 10.4 Å². The fraction of sp³-hybridized carbons (Fsp3) is 0.467. The van der Waals surface area contributed by atoms with Crippen LogP contribution in [0.4, 0.5) is 4.79 Å². The van der Waals surface area contributed by atoms with Gasteiger partial charge in [-0.2, -0.15) is 0 Å². The number of nitrogens with one attached hydrogen (secondary N) is 1. The number of rotatable bonds is 5. The van der Waals surface area contributed by atoms with Crippen molar-refractivity contribution in [3.8, 4) is 0 Å². The lowest BCUT2D eigenvalue weighted by molar-refractivity contribution is 0.0528. The molecule has 1 N–H and O–H groups in total. The first-order chi connectivity index (χ1) is 9.29. The number of hydrogen-bond donors (Lipinski definition) is 1. The van der Waals surface area contributed by atoms with Crippen LogP contribution in [0.2, 0.25) is 0 Å². The Morgan fingerprint density at radius 2 is 2.10 bits per heavy atom. The third-order valence-corrected chi connectivity index (χ3v) is 3.32. The number of carbonyl (C=O) groups is 2. The van der Waals surface area contributed by atoms with Crippen LogP contribution in [-0.2, 0) is 4.74 Å². The van der Waals surface area contributed by atoms with Crippen LogP contribution in [0.15, 0.2) is 17.5 Å². The van der Waals surface area contributed by atoms with Crippen molar-refractivity contribution in [3.63, 3.8) is 0 Å². The predicted octanol–water partition coefficient (Wildman–Crippen LogP) is 3.88. The summed E-state index contributed by atoms with van der Waals surface area (Å²) in [5.74, 6) is 0.0755. The minimum absolute atomic E-state index is 0.0755. The normalized spacial score (nSPS) is 11.6. The average Bonchev–Trinajstić information content (AvgIpc) is 2.74. The van der Waals surface area contributed by atoms with E-state index in [0.29, 0.717) is 13.0 Å². The molecule has 0 aliphatic carbocycles. The standard InChI is InChI=1S/C15H21NO3S/c1-11(17)13-12(8-10-20-13)7-5-6-9-16-14(18)19-15(2,3)4/h5,7-8,10H,6,9H2,1-4H3,(H,16,18). The lowest BCUT2D eigenvalue weighted by Crippen LogP contribution is -2.32. The Morgan fingerprint density at radius 3 is 2.70 bits per heavy atom. The van der Waals surface area contributed by atoms with Gasteiger partial charge in [-0.25, -0.2) is 4.79 Å². The molecule has 0 bridgehead atoms. The van der Waals surface area contributed by atoms with Crippen LogP contribution in [0.1, 0.15) is 49.4 Å². The van der Waals surface area contributed by atoms with Crippen LogP contribution in [0.25, 0.3) is 6.08 Å². The monoisotopic (exact) mass is 295 g/mol. The van der Waals surface area contributed by atoms with Gasteiger partial charge >= 0.3 is 6.09 Å². The molecule has 0 spiro atoms. The van der Waals surface area contributed by atoms with Crippen molar-refractivity contribution in [2.45, 2.75) is 39.7 Å². The highest BCUT2D eigenvalue weighted by atomic mass is 32.1. The van der Waals surface area contributed by atoms with Gasteiger partial charge in [0.25, 0.3) is 0 Å². The number of Topliss-reactive ketones (excluding diaryl/α,β-unsaturated/α-hetero) is 1. The van der Waals surface area contributed by atoms with Crippen LogP contribution >= 0.6 is 11.3 Å². The Morgan fingerprint density at radius 1 is 1.40 bits per heavy atom. The van der Waals surface area contributed by atoms with Gasteiger partial charge < -0.3 is 10.1 Å². The molecule has 0 radical (unpaired) electrons. The highest BCUT2D eigenvalue weighted by Gasteiger charge is 2.15. The number of hydrogen-bond acceptors (Lipinski definition) is 4. The Kier molecular flexibility index (Phi) is 5.95. The molecule has 0 aromatic carbocycles. The number of thiophene rings is 1. The van der Waals surface area contributed by atoms with Crippen molar-refractivity contribution >= 4 is 29.3 Å². The summed E-state index contributed by atoms with van der Waals surface area (Å²) in [7, 11) is 0. The molecule has 5 heteroatoms. The van der Waals surface area contributed by atoms with E-state index in [-0.39, 0.29) is 5.78 Å². The Labute approximate surface area is 123 Å². The minimum Gasteiger partial charge on any atom is -0.444 e. The second-order valence-electron chi connectivity index (χ2n) is 5.38. The zero-order chi connectivity index (χ0) is 15.2. The van der Waals surface area contributed by atoms with Crippen molar-refractivity contribution in [3.05, 3.63) is 28.0 Å². The van der Waals surface area contributed by atoms with Gasteiger partial charge in [-0.1, -0.05) is 12.2 Å². The fourth-order valence-corrected chi connectivity index (χ4v) is 2.31. The SMILES string of the molecule is CC(=O)c1sccc1C=CCCNC(=O)OC(C)(C)C. The molecule has 4 nitrogen and oxygen atoms in total. The van der Waals surface area contributed by atoms with Gasteiger partial charge in [-0.3, -0.25) is 4.79 Å². The molecule has 1 rings (SSSR count). The van der Waals surface area contributed by atoms with Crippen molar-refractivity contribution in [1.82, 2.24) is 5.32 Å². The summed E-state index contributed by atoms with van der Waals surface area (Å²) in [6.45, 7) is 7.54. The van der Waals surface area contributed by atoms with E-state index in [9.17, 15) is 9.59 Å². The van der Waals surface area contributed by atoms with E-state index >= 15 is 0 Å². The summed E-state index contributed by atoms with van der Waals surface area (Å²) in [5.41, 5.74) is 0.451. The van der Waals surface area contributed by atoms with Crippen molar-refractivity contribution in [2.75, 3.05) is 6.54 Å². The maximum atomic E-state index is 11.4. The highest BCUT2D eigenvalue weighted by Crippen LogP contribution is 2.18. The van der Waals surface area contributed by atoms with Gasteiger partial charge in [-0.05, 0) is 51.1 Å². The average molecular weight is 295 g/mol. The van der Waals surface area contributed by atoms with Crippen LogP contribution in [0.5, 0.6) is 0 Å². The number of amides is 1. The summed E-state index contributed by atoms with van der Waals surface area (Å²) in [5, 5.41) is 4.58. The topological polar surface area (TPSA) is 55.4 Å². The van der Waals surface area contributed by atoms with Gasteiger partial charge in [0.1, 0.15) is 5.60 Å². The second kappa shape index (κ2) is 7.24. The van der Waals surface area contributed by atoms with Gasteiger partial charge in [0.05, 0.1) is 4.88 Å². The Bertz CT molecular complexity index is 497. The smallest absolute Gasteiger partial charge is 0.407 e. The van der Waals surface area contributed by atoms with E-state index in [1.54, 1.807) is 6.92 Å². The first kappa shape index (κ1) is 16.4. The molecule has 110 valence electrons. The quantitative estimate of drug-likeness (QED) is 0.662. The van der Waals surface area contributed by atoms with E-state index in [4.69, 9.17) is 4.74 Å². The fourth-order valence-electron chi connectivity index (χ4n) is 1.52. The van der Waals surface area contributed by atoms with E-state index in [1.807, 2.05) is 44.4 Å². The van der Waals surface area contributed by atoms with E-state index in [1.165, 1.54) is 11.3 Å². The Balaban J connectivity index is 2.34. The van der Waals surface area contributed by atoms with Gasteiger partial charge in [-0.15, -0.1) is 11.3 Å². The molecule has 0 unspecified atom stereocenters. The highest BCUT2D eigenvalue weighted by molar-refractivity contribution is 7.12. The molecule has 1 aromatic heterocycles. The third-order valence-electron chi connectivity index (χ3n) is 2.29. The molecule has 1 heterocycles. The van der Waals surface area contributed by atoms with Crippen LogP contribution in [-0.4, -0.2) is 24.0 Å². The summed E-state index contributed by atoms with van der Waals surface area (Å²) in [4.78, 5) is 23.5. The van der Waals surface area contributed by atoms with Crippen molar-refractivity contribution in [2.24, 2.45) is 0 Å². The molecule has 0 aliphatic rings. The molecular formula is C15H21NO3S. The number of alkyl carbamates (subject to hydrolysis) is 1.